The molecular weight excluding hydrogens is 471 g/mol. The molecule has 0 spiro atoms. The molecule has 1 aromatic carbocycles. The van der Waals surface area contributed by atoms with Gasteiger partial charge in [0.15, 0.2) is 17.2 Å². The van der Waals surface area contributed by atoms with Crippen molar-refractivity contribution in [3.05, 3.63) is 87.5 Å². The zero-order valence-electron chi connectivity index (χ0n) is 17.2. The van der Waals surface area contributed by atoms with Crippen molar-refractivity contribution >= 4 is 16.0 Å². The number of benzene rings is 1. The second-order valence-electron chi connectivity index (χ2n) is 6.84. The summed E-state index contributed by atoms with van der Waals surface area (Å²) in [7, 11) is -5.28. The first kappa shape index (κ1) is 22.6. The molecule has 0 aliphatic rings. The Morgan fingerprint density at radius 2 is 1.88 bits per heavy atom. The number of halogens is 1. The van der Waals surface area contributed by atoms with E-state index < -0.39 is 21.8 Å². The molecule has 0 saturated heterocycles. The van der Waals surface area contributed by atoms with E-state index in [1.165, 1.54) is 29.0 Å². The van der Waals surface area contributed by atoms with Gasteiger partial charge in [-0.05, 0) is 30.3 Å². The molecule has 4 aromatic rings. The van der Waals surface area contributed by atoms with E-state index in [-0.39, 0.29) is 30.4 Å². The molecule has 1 N–H and O–H groups in total. The number of fused-ring (bicyclic) bond motifs is 1. The monoisotopic (exact) mass is 486 g/mol. The molecule has 0 aliphatic heterocycles. The van der Waals surface area contributed by atoms with Crippen molar-refractivity contribution in [2.75, 3.05) is 6.61 Å². The maximum atomic E-state index is 13.0. The Morgan fingerprint density at radius 1 is 1.06 bits per heavy atom. The number of nitriles is 1. The number of rotatable bonds is 8. The minimum absolute atomic E-state index is 0.00677. The van der Waals surface area contributed by atoms with Crippen molar-refractivity contribution < 1.29 is 26.0 Å². The highest BCUT2D eigenvalue weighted by Gasteiger charge is 2.16. The highest BCUT2D eigenvalue weighted by Crippen LogP contribution is 2.37. The summed E-state index contributed by atoms with van der Waals surface area (Å²) >= 11 is 0. The number of H-pyrrole nitrogens is 1. The van der Waals surface area contributed by atoms with Gasteiger partial charge in [0.25, 0.3) is 5.56 Å². The minimum Gasteiger partial charge on any atom is -0.488 e. The van der Waals surface area contributed by atoms with Crippen LogP contribution >= 0.6 is 0 Å². The van der Waals surface area contributed by atoms with Gasteiger partial charge in [0.2, 0.25) is 0 Å². The molecule has 13 heteroatoms. The van der Waals surface area contributed by atoms with Crippen LogP contribution in [0.1, 0.15) is 5.56 Å². The Labute approximate surface area is 191 Å². The lowest BCUT2D eigenvalue weighted by atomic mass is 10.3. The third-order valence-corrected chi connectivity index (χ3v) is 4.93. The van der Waals surface area contributed by atoms with E-state index in [2.05, 4.69) is 9.17 Å². The van der Waals surface area contributed by atoms with Crippen LogP contribution in [0.15, 0.2) is 70.6 Å². The zero-order valence-corrected chi connectivity index (χ0v) is 18.0. The van der Waals surface area contributed by atoms with Crippen LogP contribution in [-0.2, 0) is 17.0 Å². The number of nitrogens with one attached hydrogen (secondary N) is 1. The lowest BCUT2D eigenvalue weighted by Gasteiger charge is -2.15. The van der Waals surface area contributed by atoms with E-state index in [1.54, 1.807) is 35.0 Å². The third-order valence-electron chi connectivity index (χ3n) is 4.54. The molecule has 3 aromatic heterocycles. The van der Waals surface area contributed by atoms with Crippen molar-refractivity contribution in [3.63, 3.8) is 0 Å². The Kier molecular flexibility index (Phi) is 6.07. The lowest BCUT2D eigenvalue weighted by Crippen LogP contribution is -2.30. The number of nitrogens with zero attached hydrogens (tertiary/aromatic N) is 3. The second-order valence-corrected chi connectivity index (χ2v) is 7.80. The second kappa shape index (κ2) is 9.12. The van der Waals surface area contributed by atoms with Crippen molar-refractivity contribution in [2.45, 2.75) is 6.54 Å². The number of aromatic amines is 1. The molecule has 0 fully saturated rings. The first-order valence-electron chi connectivity index (χ1n) is 9.61. The Bertz CT molecular complexity index is 1630. The van der Waals surface area contributed by atoms with Gasteiger partial charge in [0.05, 0.1) is 17.6 Å². The predicted octanol–water partition coefficient (Wildman–Crippen LogP) is 2.13. The number of hydrogen-bond acceptors (Lipinski definition) is 8. The number of ether oxygens (including phenoxy) is 2. The van der Waals surface area contributed by atoms with E-state index >= 15 is 0 Å². The van der Waals surface area contributed by atoms with Gasteiger partial charge >= 0.3 is 16.2 Å². The summed E-state index contributed by atoms with van der Waals surface area (Å²) in [4.78, 5) is 25.1. The van der Waals surface area contributed by atoms with E-state index in [0.717, 1.165) is 6.07 Å². The van der Waals surface area contributed by atoms with Crippen LogP contribution in [-0.4, -0.2) is 29.0 Å². The van der Waals surface area contributed by atoms with Crippen LogP contribution in [0, 0.1) is 11.3 Å². The molecule has 0 aliphatic carbocycles. The first-order chi connectivity index (χ1) is 16.2. The SMILES string of the molecule is N#Cc1cc2c(Oc3ccc(OS(=O)(=O)F)cc3OCCn3ccc(=O)[nH]c3=O)cccn2c1. The summed E-state index contributed by atoms with van der Waals surface area (Å²) in [5.41, 5.74) is -0.192. The minimum atomic E-state index is -5.28. The molecule has 0 bridgehead atoms. The van der Waals surface area contributed by atoms with E-state index in [9.17, 15) is 21.9 Å². The van der Waals surface area contributed by atoms with Gasteiger partial charge in [-0.25, -0.2) is 4.79 Å². The van der Waals surface area contributed by atoms with Gasteiger partial charge in [-0.3, -0.25) is 14.3 Å². The molecule has 0 amide bonds. The summed E-state index contributed by atoms with van der Waals surface area (Å²) in [5.74, 6) is 0.120. The van der Waals surface area contributed by atoms with Crippen molar-refractivity contribution in [1.29, 1.82) is 5.26 Å². The van der Waals surface area contributed by atoms with Crippen molar-refractivity contribution in [3.8, 4) is 29.1 Å². The maximum absolute atomic E-state index is 13.0. The fourth-order valence-corrected chi connectivity index (χ4v) is 3.43. The Balaban J connectivity index is 1.63. The standard InChI is InChI=1S/C21H15FN4O7S/c22-34(29,30)33-15-3-4-18(32-17-2-1-6-26-13-14(12-23)10-16(17)26)19(11-15)31-9-8-25-7-5-20(27)24-21(25)28/h1-7,10-11,13H,8-9H2,(H,24,27,28). The molecule has 174 valence electrons. The third kappa shape index (κ3) is 5.25. The van der Waals surface area contributed by atoms with Crippen molar-refractivity contribution in [1.82, 2.24) is 14.0 Å². The van der Waals surface area contributed by atoms with Gasteiger partial charge in [0.1, 0.15) is 18.4 Å². The fraction of sp³-hybridized carbons (Fsp3) is 0.0952. The van der Waals surface area contributed by atoms with Crippen LogP contribution in [0.3, 0.4) is 0 Å². The molecule has 0 unspecified atom stereocenters. The van der Waals surface area contributed by atoms with Crippen LogP contribution in [0.4, 0.5) is 3.89 Å². The molecule has 3 heterocycles. The average molecular weight is 486 g/mol. The highest BCUT2D eigenvalue weighted by atomic mass is 32.3. The quantitative estimate of drug-likeness (QED) is 0.373. The van der Waals surface area contributed by atoms with Crippen molar-refractivity contribution in [2.24, 2.45) is 0 Å². The van der Waals surface area contributed by atoms with E-state index in [0.29, 0.717) is 16.8 Å². The number of aromatic nitrogens is 3. The summed E-state index contributed by atoms with van der Waals surface area (Å²) in [6.07, 6.45) is 4.63. The summed E-state index contributed by atoms with van der Waals surface area (Å²) < 4.78 is 53.5. The average Bonchev–Trinajstić information content (AvgIpc) is 3.20. The Morgan fingerprint density at radius 3 is 2.62 bits per heavy atom. The summed E-state index contributed by atoms with van der Waals surface area (Å²) in [6, 6.07) is 11.8. The fourth-order valence-electron chi connectivity index (χ4n) is 3.10. The van der Waals surface area contributed by atoms with Gasteiger partial charge in [-0.1, -0.05) is 3.89 Å². The first-order valence-corrected chi connectivity index (χ1v) is 10.9. The molecular formula is C21H15FN4O7S. The molecule has 0 atom stereocenters. The number of hydrogen-bond donors (Lipinski definition) is 1. The van der Waals surface area contributed by atoms with E-state index in [1.807, 2.05) is 6.07 Å². The van der Waals surface area contributed by atoms with Gasteiger partial charge in [-0.15, -0.1) is 0 Å². The van der Waals surface area contributed by atoms with Crippen LogP contribution in [0.5, 0.6) is 23.0 Å². The zero-order chi connectivity index (χ0) is 24.3. The molecule has 11 nitrogen and oxygen atoms in total. The predicted molar refractivity (Wildman–Crippen MR) is 116 cm³/mol. The lowest BCUT2D eigenvalue weighted by molar-refractivity contribution is 0.282. The van der Waals surface area contributed by atoms with Crippen LogP contribution < -0.4 is 24.9 Å². The smallest absolute Gasteiger partial charge is 0.488 e. The van der Waals surface area contributed by atoms with Gasteiger partial charge < -0.3 is 18.1 Å². The molecule has 0 radical (unpaired) electrons. The molecule has 4 rings (SSSR count). The van der Waals surface area contributed by atoms with Crippen LogP contribution in [0.25, 0.3) is 5.52 Å². The molecule has 0 saturated carbocycles. The van der Waals surface area contributed by atoms with Gasteiger partial charge in [-0.2, -0.15) is 13.7 Å². The highest BCUT2D eigenvalue weighted by molar-refractivity contribution is 7.81. The van der Waals surface area contributed by atoms with Crippen LogP contribution in [0.2, 0.25) is 0 Å². The number of pyridine rings is 1. The Hall–Kier alpha value is -4.57. The topological polar surface area (TPSA) is 145 Å². The van der Waals surface area contributed by atoms with E-state index in [4.69, 9.17) is 14.7 Å². The molecule has 34 heavy (non-hydrogen) atoms. The summed E-state index contributed by atoms with van der Waals surface area (Å²) in [5, 5.41) is 9.15. The normalized spacial score (nSPS) is 11.2. The van der Waals surface area contributed by atoms with Gasteiger partial charge in [0, 0.05) is 30.7 Å². The largest absolute Gasteiger partial charge is 0.488 e. The maximum Gasteiger partial charge on any atom is 0.488 e. The summed E-state index contributed by atoms with van der Waals surface area (Å²) in [6.45, 7) is -0.0661.